The van der Waals surface area contributed by atoms with Crippen LogP contribution in [0.25, 0.3) is 117 Å². The second kappa shape index (κ2) is 12.5. The van der Waals surface area contributed by atoms with Gasteiger partial charge in [0, 0.05) is 40.3 Å². The average molecular weight is 745 g/mol. The van der Waals surface area contributed by atoms with Crippen LogP contribution in [0.2, 0.25) is 0 Å². The summed E-state index contributed by atoms with van der Waals surface area (Å²) in [6, 6.07) is 72.1. The highest BCUT2D eigenvalue weighted by Crippen LogP contribution is 2.47. The van der Waals surface area contributed by atoms with Crippen LogP contribution in [0.4, 0.5) is 0 Å². The summed E-state index contributed by atoms with van der Waals surface area (Å²) in [5.74, 6) is 0. The largest absolute Gasteiger partial charge is 0.135 e. The van der Waals surface area contributed by atoms with Gasteiger partial charge in [-0.3, -0.25) is 0 Å². The first-order valence-corrected chi connectivity index (χ1v) is 20.8. The zero-order valence-electron chi connectivity index (χ0n) is 30.3. The van der Waals surface area contributed by atoms with Gasteiger partial charge in [0.15, 0.2) is 0 Å². The molecule has 56 heavy (non-hydrogen) atoms. The number of hydrogen-bond donors (Lipinski definition) is 0. The van der Waals surface area contributed by atoms with E-state index in [-0.39, 0.29) is 0 Å². The van der Waals surface area contributed by atoms with E-state index in [0.29, 0.717) is 0 Å². The number of benzene rings is 10. The Hall–Kier alpha value is -6.58. The van der Waals surface area contributed by atoms with Crippen LogP contribution in [0.15, 0.2) is 194 Å². The van der Waals surface area contributed by atoms with E-state index in [0.717, 1.165) is 0 Å². The molecule has 10 aromatic carbocycles. The van der Waals surface area contributed by atoms with E-state index >= 15 is 0 Å². The molecule has 0 radical (unpaired) electrons. The monoisotopic (exact) mass is 744 g/mol. The third-order valence-corrected chi connectivity index (χ3v) is 13.9. The topological polar surface area (TPSA) is 0 Å². The molecule has 0 N–H and O–H groups in total. The van der Waals surface area contributed by atoms with Crippen LogP contribution in [0.5, 0.6) is 0 Å². The van der Waals surface area contributed by atoms with Crippen LogP contribution in [0.3, 0.4) is 0 Å². The molecule has 0 unspecified atom stereocenters. The van der Waals surface area contributed by atoms with Gasteiger partial charge in [0.05, 0.1) is 0 Å². The maximum Gasteiger partial charge on any atom is 0.0361 e. The lowest BCUT2D eigenvalue weighted by Crippen LogP contribution is -1.87. The van der Waals surface area contributed by atoms with Crippen molar-refractivity contribution in [2.75, 3.05) is 0 Å². The zero-order chi connectivity index (χ0) is 36.7. The molecule has 0 aliphatic rings. The summed E-state index contributed by atoms with van der Waals surface area (Å²) in [6.07, 6.45) is 0. The van der Waals surface area contributed by atoms with Gasteiger partial charge in [-0.1, -0.05) is 146 Å². The predicted molar refractivity (Wildman–Crippen MR) is 246 cm³/mol. The Kier molecular flexibility index (Phi) is 7.07. The lowest BCUT2D eigenvalue weighted by atomic mass is 9.91. The number of thiophene rings is 2. The van der Waals surface area contributed by atoms with Gasteiger partial charge in [0.1, 0.15) is 0 Å². The van der Waals surface area contributed by atoms with E-state index in [1.165, 1.54) is 117 Å². The van der Waals surface area contributed by atoms with E-state index in [1.807, 2.05) is 22.7 Å². The minimum absolute atomic E-state index is 1.24. The van der Waals surface area contributed by atoms with Gasteiger partial charge in [-0.15, -0.1) is 22.7 Å². The normalized spacial score (nSPS) is 11.9. The highest BCUT2D eigenvalue weighted by atomic mass is 32.1. The fraction of sp³-hybridized carbons (Fsp3) is 0. The van der Waals surface area contributed by atoms with E-state index in [4.69, 9.17) is 0 Å². The summed E-state index contributed by atoms with van der Waals surface area (Å²) in [6.45, 7) is 0. The van der Waals surface area contributed by atoms with Crippen molar-refractivity contribution in [1.82, 2.24) is 0 Å². The minimum Gasteiger partial charge on any atom is -0.135 e. The molecule has 0 fully saturated rings. The quantitative estimate of drug-likeness (QED) is 0.168. The van der Waals surface area contributed by atoms with Crippen LogP contribution in [-0.4, -0.2) is 0 Å². The Balaban J connectivity index is 1.02. The van der Waals surface area contributed by atoms with Gasteiger partial charge in [-0.25, -0.2) is 0 Å². The Morgan fingerprint density at radius 3 is 0.964 bits per heavy atom. The number of rotatable bonds is 4. The predicted octanol–water partition coefficient (Wildman–Crippen LogP) is 16.5. The molecule has 0 saturated heterocycles. The fourth-order valence-electron chi connectivity index (χ4n) is 8.96. The molecule has 0 nitrogen and oxygen atoms in total. The van der Waals surface area contributed by atoms with Gasteiger partial charge >= 0.3 is 0 Å². The maximum atomic E-state index is 2.42. The molecule has 0 bridgehead atoms. The van der Waals surface area contributed by atoms with Crippen LogP contribution >= 0.6 is 22.7 Å². The van der Waals surface area contributed by atoms with Crippen LogP contribution in [0.1, 0.15) is 0 Å². The Bertz CT molecular complexity index is 3280. The summed E-state index contributed by atoms with van der Waals surface area (Å²) < 4.78 is 5.30. The molecule has 0 spiro atoms. The first-order chi connectivity index (χ1) is 27.7. The van der Waals surface area contributed by atoms with Gasteiger partial charge in [0.25, 0.3) is 0 Å². The fourth-order valence-corrected chi connectivity index (χ4v) is 11.3. The van der Waals surface area contributed by atoms with Crippen molar-refractivity contribution in [3.05, 3.63) is 194 Å². The molecule has 12 rings (SSSR count). The summed E-state index contributed by atoms with van der Waals surface area (Å²) in [5, 5.41) is 13.1. The minimum atomic E-state index is 1.24. The maximum absolute atomic E-state index is 2.42. The zero-order valence-corrected chi connectivity index (χ0v) is 31.9. The molecule has 2 heterocycles. The van der Waals surface area contributed by atoms with Gasteiger partial charge in [-0.2, -0.15) is 0 Å². The summed E-state index contributed by atoms with van der Waals surface area (Å²) >= 11 is 3.81. The summed E-state index contributed by atoms with van der Waals surface area (Å²) in [5.41, 5.74) is 10.1. The van der Waals surface area contributed by atoms with Crippen molar-refractivity contribution < 1.29 is 0 Å². The van der Waals surface area contributed by atoms with Gasteiger partial charge in [-0.05, 0) is 125 Å². The first kappa shape index (κ1) is 31.7. The van der Waals surface area contributed by atoms with Gasteiger partial charge < -0.3 is 0 Å². The third-order valence-electron chi connectivity index (χ3n) is 11.6. The molecule has 12 aromatic rings. The van der Waals surface area contributed by atoms with Crippen molar-refractivity contribution in [1.29, 1.82) is 0 Å². The first-order valence-electron chi connectivity index (χ1n) is 19.1. The average Bonchev–Trinajstić information content (AvgIpc) is 3.84. The Labute approximate surface area is 332 Å². The van der Waals surface area contributed by atoms with E-state index < -0.39 is 0 Å². The van der Waals surface area contributed by atoms with E-state index in [9.17, 15) is 0 Å². The van der Waals surface area contributed by atoms with Crippen LogP contribution in [-0.2, 0) is 0 Å². The highest BCUT2D eigenvalue weighted by Gasteiger charge is 2.18. The second-order valence-corrected chi connectivity index (χ2v) is 17.0. The van der Waals surface area contributed by atoms with Crippen molar-refractivity contribution in [2.45, 2.75) is 0 Å². The Morgan fingerprint density at radius 1 is 0.232 bits per heavy atom. The van der Waals surface area contributed by atoms with Gasteiger partial charge in [0.2, 0.25) is 0 Å². The molecule has 0 aliphatic carbocycles. The smallest absolute Gasteiger partial charge is 0.0361 e. The molecule has 0 aliphatic heterocycles. The Morgan fingerprint density at radius 2 is 0.571 bits per heavy atom. The molecule has 0 amide bonds. The molecule has 2 aromatic heterocycles. The van der Waals surface area contributed by atoms with E-state index in [2.05, 4.69) is 194 Å². The summed E-state index contributed by atoms with van der Waals surface area (Å²) in [7, 11) is 0. The van der Waals surface area contributed by atoms with Crippen LogP contribution < -0.4 is 0 Å². The molecule has 0 saturated carbocycles. The lowest BCUT2D eigenvalue weighted by Gasteiger charge is -2.13. The number of hydrogen-bond acceptors (Lipinski definition) is 2. The molecular formula is C54H32S2. The molecule has 0 atom stereocenters. The third kappa shape index (κ3) is 4.97. The molecule has 260 valence electrons. The van der Waals surface area contributed by atoms with E-state index in [1.54, 1.807) is 0 Å². The second-order valence-electron chi connectivity index (χ2n) is 14.8. The lowest BCUT2D eigenvalue weighted by molar-refractivity contribution is 1.62. The highest BCUT2D eigenvalue weighted by molar-refractivity contribution is 7.26. The van der Waals surface area contributed by atoms with Crippen molar-refractivity contribution in [2.24, 2.45) is 0 Å². The molecule has 2 heteroatoms. The SMILES string of the molecule is c1ccc(-c2cc3ccccc3cc2-c2ccc3c(c2)sc2ccc4c(ccc5sc6cc(-c7cc8ccccc8cc7-c7ccccc7)ccc6c54)c23)cc1. The summed E-state index contributed by atoms with van der Waals surface area (Å²) in [4.78, 5) is 0. The standard InChI is InChI=1S/C54H32S2/c1-3-11-33(12-4-1)45-27-35-15-7-9-17-37(35)29-47(45)39-19-21-43-51(31-39)55-49-25-23-42-41(53(43)49)24-26-50-54(42)44-22-20-40(32-52(44)56-50)48-30-38-18-10-8-16-36(38)28-46(48)34-13-5-2-6-14-34/h1-32H. The number of fused-ring (bicyclic) bond motifs is 11. The van der Waals surface area contributed by atoms with Crippen molar-refractivity contribution >= 4 is 95.3 Å². The molecular weight excluding hydrogens is 713 g/mol. The van der Waals surface area contributed by atoms with Crippen molar-refractivity contribution in [3.8, 4) is 44.5 Å². The van der Waals surface area contributed by atoms with Crippen LogP contribution in [0, 0.1) is 0 Å². The van der Waals surface area contributed by atoms with Crippen molar-refractivity contribution in [3.63, 3.8) is 0 Å².